The monoisotopic (exact) mass is 508 g/mol. The molecule has 1 aromatic heterocycles. The van der Waals surface area contributed by atoms with E-state index < -0.39 is 11.4 Å². The highest BCUT2D eigenvalue weighted by Gasteiger charge is 2.64. The van der Waals surface area contributed by atoms with Crippen molar-refractivity contribution >= 4 is 28.4 Å². The number of carbonyl (C=O) groups is 2. The molecule has 0 bridgehead atoms. The van der Waals surface area contributed by atoms with Gasteiger partial charge in [-0.05, 0) is 67.9 Å². The van der Waals surface area contributed by atoms with E-state index in [2.05, 4.69) is 30.6 Å². The highest BCUT2D eigenvalue weighted by molar-refractivity contribution is 6.00. The summed E-state index contributed by atoms with van der Waals surface area (Å²) in [7, 11) is 0. The van der Waals surface area contributed by atoms with Crippen LogP contribution in [0, 0.1) is 11.3 Å². The number of carboxylic acid groups (broad SMARTS) is 1. The van der Waals surface area contributed by atoms with Gasteiger partial charge in [0, 0.05) is 36.5 Å². The molecule has 3 heterocycles. The first-order chi connectivity index (χ1) is 17.5. The van der Waals surface area contributed by atoms with Crippen LogP contribution >= 0.6 is 0 Å². The third-order valence-electron chi connectivity index (χ3n) is 9.15. The summed E-state index contributed by atoms with van der Waals surface area (Å²) in [6.07, 6.45) is 11.3. The minimum absolute atomic E-state index is 0. The van der Waals surface area contributed by atoms with Gasteiger partial charge in [0.25, 0.3) is 0 Å². The van der Waals surface area contributed by atoms with Gasteiger partial charge < -0.3 is 19.3 Å². The smallest absolute Gasteiger partial charge is 0.335 e. The first-order valence-electron chi connectivity index (χ1n) is 13.6. The highest BCUT2D eigenvalue weighted by Crippen LogP contribution is 2.64. The Labute approximate surface area is 217 Å². The maximum absolute atomic E-state index is 14.1. The van der Waals surface area contributed by atoms with Gasteiger partial charge in [-0.25, -0.2) is 4.79 Å². The van der Waals surface area contributed by atoms with Crippen LogP contribution in [0.2, 0.25) is 0 Å². The van der Waals surface area contributed by atoms with Crippen LogP contribution in [0.1, 0.15) is 79.9 Å². The van der Waals surface area contributed by atoms with E-state index in [1.165, 1.54) is 41.7 Å². The van der Waals surface area contributed by atoms with Crippen molar-refractivity contribution in [2.75, 3.05) is 26.3 Å². The van der Waals surface area contributed by atoms with Crippen LogP contribution < -0.4 is 0 Å². The topological polar surface area (TPSA) is 71.8 Å². The number of benzene rings is 1. The van der Waals surface area contributed by atoms with E-state index in [9.17, 15) is 14.7 Å². The molecule has 2 aromatic rings. The van der Waals surface area contributed by atoms with Crippen molar-refractivity contribution in [2.45, 2.75) is 64.8 Å². The summed E-state index contributed by atoms with van der Waals surface area (Å²) in [6, 6.07) is 5.61. The lowest BCUT2D eigenvalue weighted by Gasteiger charge is -2.31. The number of allylic oxidation sites excluding steroid dienone is 4. The number of carboxylic acids is 1. The van der Waals surface area contributed by atoms with Gasteiger partial charge in [0.05, 0.1) is 29.9 Å². The van der Waals surface area contributed by atoms with Crippen LogP contribution in [0.15, 0.2) is 35.9 Å². The molecule has 198 valence electrons. The number of aromatic nitrogens is 1. The zero-order chi connectivity index (χ0) is 25.0. The molecule has 2 aliphatic carbocycles. The molecule has 3 fully saturated rings. The van der Waals surface area contributed by atoms with E-state index in [0.717, 1.165) is 30.2 Å². The van der Waals surface area contributed by atoms with Crippen LogP contribution in [-0.2, 0) is 16.1 Å². The van der Waals surface area contributed by atoms with Gasteiger partial charge in [-0.2, -0.15) is 0 Å². The first-order valence-corrected chi connectivity index (χ1v) is 13.6. The minimum Gasteiger partial charge on any atom is -0.478 e. The Morgan fingerprint density at radius 2 is 1.81 bits per heavy atom. The second kappa shape index (κ2) is 9.75. The zero-order valence-electron chi connectivity index (χ0n) is 21.8. The largest absolute Gasteiger partial charge is 0.478 e. The lowest BCUT2D eigenvalue weighted by Crippen LogP contribution is -2.46. The molecule has 0 radical (unpaired) electrons. The lowest BCUT2D eigenvalue weighted by molar-refractivity contribution is -0.142. The number of nitrogens with zero attached hydrogens (tertiary/aromatic N) is 2. The number of ether oxygens (including phenoxy) is 1. The number of rotatable bonds is 3. The molecule has 1 amide bonds. The lowest BCUT2D eigenvalue weighted by atomic mass is 9.80. The van der Waals surface area contributed by atoms with Crippen LogP contribution in [0.4, 0.5) is 4.70 Å². The van der Waals surface area contributed by atoms with Crippen molar-refractivity contribution in [2.24, 2.45) is 11.3 Å². The Hall–Kier alpha value is -2.93. The second-order valence-electron chi connectivity index (χ2n) is 11.0. The van der Waals surface area contributed by atoms with E-state index >= 15 is 0 Å². The average Bonchev–Trinajstić information content (AvgIpc) is 3.57. The maximum Gasteiger partial charge on any atom is 0.335 e. The van der Waals surface area contributed by atoms with Crippen LogP contribution in [0.3, 0.4) is 0 Å². The van der Waals surface area contributed by atoms with Crippen LogP contribution in [0.25, 0.3) is 16.5 Å². The van der Waals surface area contributed by atoms with Crippen molar-refractivity contribution in [3.8, 4) is 0 Å². The molecule has 2 atom stereocenters. The molecular formula is C30H37FN2O4. The molecule has 0 spiro atoms. The van der Waals surface area contributed by atoms with Gasteiger partial charge in [0.1, 0.15) is 0 Å². The average molecular weight is 509 g/mol. The number of halogens is 1. The Balaban J connectivity index is 0.00000280. The molecular weight excluding hydrogens is 471 g/mol. The van der Waals surface area contributed by atoms with Crippen molar-refractivity contribution < 1.29 is 24.1 Å². The molecule has 4 aliphatic rings. The quantitative estimate of drug-likeness (QED) is 0.572. The van der Waals surface area contributed by atoms with Crippen molar-refractivity contribution in [3.05, 3.63) is 52.7 Å². The fourth-order valence-electron chi connectivity index (χ4n) is 7.31. The fraction of sp³-hybridized carbons (Fsp3) is 0.533. The van der Waals surface area contributed by atoms with E-state index in [0.29, 0.717) is 44.3 Å². The van der Waals surface area contributed by atoms with Gasteiger partial charge in [0.2, 0.25) is 5.91 Å². The number of hydrogen-bond acceptors (Lipinski definition) is 3. The number of hydrogen-bond donors (Lipinski definition) is 1. The Morgan fingerprint density at radius 3 is 2.46 bits per heavy atom. The molecule has 6 rings (SSSR count). The predicted octanol–water partition coefficient (Wildman–Crippen LogP) is 5.77. The van der Waals surface area contributed by atoms with Gasteiger partial charge in [0.15, 0.2) is 0 Å². The highest BCUT2D eigenvalue weighted by atomic mass is 19.0. The Kier molecular flexibility index (Phi) is 6.77. The standard InChI is InChI=1S/C30H36N2O4.FH/c1-3-21-22(4-2)27-26(19-8-6-5-7-9-19)23-11-10-20(28(33)34)16-25(23)32(27)18-30(17-24(21)30)29(35)31-12-14-36-15-13-31;/h3-4,10-11,16,19,24H,5-9,12-15,17-18H2,1-2H3,(H,33,34);1H/b21-3+,22-4+;. The molecule has 7 heteroatoms. The van der Waals surface area contributed by atoms with Gasteiger partial charge >= 0.3 is 5.97 Å². The van der Waals surface area contributed by atoms with Crippen LogP contribution in [-0.4, -0.2) is 52.8 Å². The normalized spacial score (nSPS) is 27.9. The molecule has 6 nitrogen and oxygen atoms in total. The zero-order valence-corrected chi connectivity index (χ0v) is 21.8. The summed E-state index contributed by atoms with van der Waals surface area (Å²) >= 11 is 0. The minimum atomic E-state index is -0.913. The molecule has 2 saturated carbocycles. The Morgan fingerprint density at radius 1 is 1.08 bits per heavy atom. The molecule has 37 heavy (non-hydrogen) atoms. The number of aromatic carboxylic acids is 1. The molecule has 2 unspecified atom stereocenters. The molecule has 1 N–H and O–H groups in total. The van der Waals surface area contributed by atoms with Gasteiger partial charge in [-0.3, -0.25) is 9.50 Å². The maximum atomic E-state index is 14.1. The van der Waals surface area contributed by atoms with E-state index in [1.807, 2.05) is 17.0 Å². The number of carbonyl (C=O) groups excluding carboxylic acids is 1. The summed E-state index contributed by atoms with van der Waals surface area (Å²) in [5.74, 6) is -0.0274. The fourth-order valence-corrected chi connectivity index (χ4v) is 7.31. The van der Waals surface area contributed by atoms with Gasteiger partial charge in [-0.1, -0.05) is 37.5 Å². The number of fused-ring (bicyclic) bond motifs is 4. The number of amides is 1. The van der Waals surface area contributed by atoms with E-state index in [1.54, 1.807) is 6.07 Å². The first kappa shape index (κ1) is 25.7. The third-order valence-corrected chi connectivity index (χ3v) is 9.15. The Bertz CT molecular complexity index is 1300. The van der Waals surface area contributed by atoms with Crippen molar-refractivity contribution in [1.82, 2.24) is 9.47 Å². The summed E-state index contributed by atoms with van der Waals surface area (Å²) in [6.45, 7) is 7.28. The second-order valence-corrected chi connectivity index (χ2v) is 11.0. The summed E-state index contributed by atoms with van der Waals surface area (Å²) in [4.78, 5) is 28.0. The molecule has 1 saturated heterocycles. The third kappa shape index (κ3) is 3.94. The summed E-state index contributed by atoms with van der Waals surface area (Å²) in [5, 5.41) is 11.0. The molecule has 2 aliphatic heterocycles. The van der Waals surface area contributed by atoms with Crippen molar-refractivity contribution in [1.29, 1.82) is 0 Å². The van der Waals surface area contributed by atoms with Crippen LogP contribution in [0.5, 0.6) is 0 Å². The molecule has 1 aromatic carbocycles. The summed E-state index contributed by atoms with van der Waals surface area (Å²) in [5.41, 5.74) is 5.87. The number of morpholine rings is 1. The SMILES string of the molecule is C/C=C1\C(=C/C)c2c(C3CCCCC3)c3ccc(C(=O)O)cc3n2CC2(C(=O)N3CCOCC3)CC12.F. The predicted molar refractivity (Wildman–Crippen MR) is 143 cm³/mol. The van der Waals surface area contributed by atoms with E-state index in [-0.39, 0.29) is 16.5 Å². The van der Waals surface area contributed by atoms with E-state index in [4.69, 9.17) is 4.74 Å². The van der Waals surface area contributed by atoms with Gasteiger partial charge in [-0.15, -0.1) is 0 Å². The summed E-state index contributed by atoms with van der Waals surface area (Å²) < 4.78 is 7.86. The van der Waals surface area contributed by atoms with Crippen molar-refractivity contribution in [3.63, 3.8) is 0 Å².